The van der Waals surface area contributed by atoms with E-state index in [0.717, 1.165) is 36.3 Å². The lowest BCUT2D eigenvalue weighted by Crippen LogP contribution is -2.33. The number of aryl methyl sites for hydroxylation is 1. The maximum Gasteiger partial charge on any atom is 0.188 e. The summed E-state index contributed by atoms with van der Waals surface area (Å²) in [5.74, 6) is 1.93. The molecule has 1 heterocycles. The Morgan fingerprint density at radius 2 is 1.87 bits per heavy atom. The summed E-state index contributed by atoms with van der Waals surface area (Å²) in [5.41, 5.74) is 11.0. The van der Waals surface area contributed by atoms with Crippen LogP contribution in [0.25, 0.3) is 10.9 Å². The maximum absolute atomic E-state index is 6.02. The second-order valence-corrected chi connectivity index (χ2v) is 6.89. The molecule has 0 aliphatic rings. The van der Waals surface area contributed by atoms with E-state index in [-0.39, 0.29) is 24.0 Å². The van der Waals surface area contributed by atoms with Gasteiger partial charge in [-0.25, -0.2) is 0 Å². The van der Waals surface area contributed by atoms with Crippen molar-refractivity contribution in [3.05, 3.63) is 59.3 Å². The first-order chi connectivity index (χ1) is 14.2. The third kappa shape index (κ3) is 5.81. The Labute approximate surface area is 195 Å². The highest BCUT2D eigenvalue weighted by Gasteiger charge is 2.07. The number of fused-ring (bicyclic) bond motifs is 1. The van der Waals surface area contributed by atoms with Gasteiger partial charge in [0, 0.05) is 30.2 Å². The van der Waals surface area contributed by atoms with Crippen molar-refractivity contribution in [3.8, 4) is 11.5 Å². The molecule has 0 radical (unpaired) electrons. The number of methoxy groups -OCH3 is 2. The zero-order chi connectivity index (χ0) is 20.6. The smallest absolute Gasteiger partial charge is 0.188 e. The summed E-state index contributed by atoms with van der Waals surface area (Å²) in [4.78, 5) is 7.87. The van der Waals surface area contributed by atoms with Gasteiger partial charge < -0.3 is 25.5 Å². The highest BCUT2D eigenvalue weighted by atomic mass is 127. The van der Waals surface area contributed by atoms with Crippen LogP contribution >= 0.6 is 24.0 Å². The van der Waals surface area contributed by atoms with Gasteiger partial charge in [-0.15, -0.1) is 24.0 Å². The van der Waals surface area contributed by atoms with Crippen LogP contribution in [0.2, 0.25) is 0 Å². The summed E-state index contributed by atoms with van der Waals surface area (Å²) in [7, 11) is 3.27. The Morgan fingerprint density at radius 3 is 2.60 bits per heavy atom. The number of halogens is 1. The van der Waals surface area contributed by atoms with Crippen molar-refractivity contribution in [2.24, 2.45) is 10.7 Å². The number of H-pyrrole nitrogens is 1. The van der Waals surface area contributed by atoms with Crippen molar-refractivity contribution < 1.29 is 9.47 Å². The van der Waals surface area contributed by atoms with Crippen LogP contribution in [0.5, 0.6) is 11.5 Å². The van der Waals surface area contributed by atoms with Crippen molar-refractivity contribution in [2.75, 3.05) is 27.3 Å². The number of nitrogens with one attached hydrogen (secondary N) is 2. The lowest BCUT2D eigenvalue weighted by Gasteiger charge is -2.10. The number of aromatic amines is 1. The summed E-state index contributed by atoms with van der Waals surface area (Å²) in [6, 6.07) is 12.4. The Kier molecular flexibility index (Phi) is 9.29. The molecule has 0 aliphatic carbocycles. The molecular weight excluding hydrogens is 491 g/mol. The minimum atomic E-state index is 0. The molecule has 0 unspecified atom stereocenters. The third-order valence-electron chi connectivity index (χ3n) is 5.10. The number of nitrogens with zero attached hydrogens (tertiary/aromatic N) is 1. The normalized spacial score (nSPS) is 11.2. The topological polar surface area (TPSA) is 84.7 Å². The molecule has 3 aromatic rings. The van der Waals surface area contributed by atoms with Crippen LogP contribution in [0, 0.1) is 0 Å². The Hall–Kier alpha value is -2.42. The number of hydrogen-bond donors (Lipinski definition) is 3. The quantitative estimate of drug-likeness (QED) is 0.225. The fourth-order valence-electron chi connectivity index (χ4n) is 3.50. The number of rotatable bonds is 9. The average Bonchev–Trinajstić information content (AvgIpc) is 3.16. The SMILES string of the molecule is CCc1cccc2c(CCN=C(N)NCCc3ccc(OC)c(OC)c3)c[nH]c12.I. The first kappa shape index (κ1) is 23.9. The van der Waals surface area contributed by atoms with Crippen LogP contribution in [-0.4, -0.2) is 38.3 Å². The number of hydrogen-bond acceptors (Lipinski definition) is 3. The highest BCUT2D eigenvalue weighted by Crippen LogP contribution is 2.27. The zero-order valence-corrected chi connectivity index (χ0v) is 20.2. The van der Waals surface area contributed by atoms with Gasteiger partial charge in [-0.2, -0.15) is 0 Å². The van der Waals surface area contributed by atoms with Crippen LogP contribution in [-0.2, 0) is 19.3 Å². The van der Waals surface area contributed by atoms with E-state index in [1.165, 1.54) is 22.0 Å². The lowest BCUT2D eigenvalue weighted by atomic mass is 10.1. The lowest BCUT2D eigenvalue weighted by molar-refractivity contribution is 0.354. The fourth-order valence-corrected chi connectivity index (χ4v) is 3.50. The molecule has 0 saturated heterocycles. The molecule has 0 aliphatic heterocycles. The van der Waals surface area contributed by atoms with E-state index in [1.807, 2.05) is 18.2 Å². The minimum Gasteiger partial charge on any atom is -0.493 e. The van der Waals surface area contributed by atoms with Gasteiger partial charge in [-0.3, -0.25) is 4.99 Å². The van der Waals surface area contributed by atoms with E-state index in [1.54, 1.807) is 14.2 Å². The number of para-hydroxylation sites is 1. The van der Waals surface area contributed by atoms with Gasteiger partial charge in [0.25, 0.3) is 0 Å². The van der Waals surface area contributed by atoms with E-state index in [9.17, 15) is 0 Å². The monoisotopic (exact) mass is 522 g/mol. The third-order valence-corrected chi connectivity index (χ3v) is 5.10. The van der Waals surface area contributed by atoms with Gasteiger partial charge in [0.1, 0.15) is 0 Å². The summed E-state index contributed by atoms with van der Waals surface area (Å²) < 4.78 is 10.6. The van der Waals surface area contributed by atoms with E-state index in [0.29, 0.717) is 19.0 Å². The van der Waals surface area contributed by atoms with Gasteiger partial charge >= 0.3 is 0 Å². The molecule has 3 rings (SSSR count). The predicted molar refractivity (Wildman–Crippen MR) is 135 cm³/mol. The van der Waals surface area contributed by atoms with Crippen LogP contribution < -0.4 is 20.5 Å². The van der Waals surface area contributed by atoms with Crippen molar-refractivity contribution in [1.82, 2.24) is 10.3 Å². The standard InChI is InChI=1S/C23H30N4O2.HI/c1-4-17-6-5-7-19-18(15-27-22(17)19)11-13-26-23(24)25-12-10-16-8-9-20(28-2)21(14-16)29-3;/h5-9,14-15,27H,4,10-13H2,1-3H3,(H3,24,25,26);1H. The van der Waals surface area contributed by atoms with Crippen LogP contribution in [0.1, 0.15) is 23.6 Å². The van der Waals surface area contributed by atoms with Gasteiger partial charge in [0.05, 0.1) is 14.2 Å². The number of guanidine groups is 1. The first-order valence-electron chi connectivity index (χ1n) is 9.98. The molecule has 0 fully saturated rings. The van der Waals surface area contributed by atoms with Gasteiger partial charge in [0.15, 0.2) is 17.5 Å². The summed E-state index contributed by atoms with van der Waals surface area (Å²) in [6.45, 7) is 3.53. The zero-order valence-electron chi connectivity index (χ0n) is 17.8. The molecule has 162 valence electrons. The number of ether oxygens (including phenoxy) is 2. The van der Waals surface area contributed by atoms with Crippen molar-refractivity contribution >= 4 is 40.8 Å². The van der Waals surface area contributed by atoms with E-state index >= 15 is 0 Å². The maximum atomic E-state index is 6.02. The highest BCUT2D eigenvalue weighted by molar-refractivity contribution is 14.0. The van der Waals surface area contributed by atoms with Gasteiger partial charge in [-0.05, 0) is 48.1 Å². The Bertz CT molecular complexity index is 984. The molecule has 1 aromatic heterocycles. The molecule has 0 bridgehead atoms. The number of nitrogens with two attached hydrogens (primary N) is 1. The van der Waals surface area contributed by atoms with Crippen LogP contribution in [0.15, 0.2) is 47.6 Å². The Balaban J connectivity index is 0.00000320. The Morgan fingerprint density at radius 1 is 1.07 bits per heavy atom. The molecular formula is C23H31IN4O2. The number of aromatic nitrogens is 1. The van der Waals surface area contributed by atoms with Crippen molar-refractivity contribution in [2.45, 2.75) is 26.2 Å². The second kappa shape index (κ2) is 11.7. The van der Waals surface area contributed by atoms with Gasteiger partial charge in [-0.1, -0.05) is 31.2 Å². The molecule has 0 atom stereocenters. The molecule has 4 N–H and O–H groups in total. The molecule has 0 amide bonds. The van der Waals surface area contributed by atoms with Crippen LogP contribution in [0.3, 0.4) is 0 Å². The second-order valence-electron chi connectivity index (χ2n) is 6.89. The minimum absolute atomic E-state index is 0. The average molecular weight is 522 g/mol. The first-order valence-corrected chi connectivity index (χ1v) is 9.98. The fraction of sp³-hybridized carbons (Fsp3) is 0.348. The van der Waals surface area contributed by atoms with Gasteiger partial charge in [0.2, 0.25) is 0 Å². The van der Waals surface area contributed by atoms with Crippen molar-refractivity contribution in [3.63, 3.8) is 0 Å². The summed E-state index contributed by atoms with van der Waals surface area (Å²) >= 11 is 0. The number of benzene rings is 2. The number of aliphatic imine (C=N–C) groups is 1. The largest absolute Gasteiger partial charge is 0.493 e. The molecule has 0 spiro atoms. The molecule has 0 saturated carbocycles. The van der Waals surface area contributed by atoms with E-state index in [4.69, 9.17) is 15.2 Å². The van der Waals surface area contributed by atoms with E-state index in [2.05, 4.69) is 46.6 Å². The molecule has 7 heteroatoms. The predicted octanol–water partition coefficient (Wildman–Crippen LogP) is 4.06. The molecule has 6 nitrogen and oxygen atoms in total. The summed E-state index contributed by atoms with van der Waals surface area (Å²) in [5, 5.41) is 4.46. The van der Waals surface area contributed by atoms with Crippen molar-refractivity contribution in [1.29, 1.82) is 0 Å². The molecule has 30 heavy (non-hydrogen) atoms. The van der Waals surface area contributed by atoms with E-state index < -0.39 is 0 Å². The molecule has 2 aromatic carbocycles. The summed E-state index contributed by atoms with van der Waals surface area (Å²) in [6.07, 6.45) is 4.77. The van der Waals surface area contributed by atoms with Crippen LogP contribution in [0.4, 0.5) is 0 Å².